The third kappa shape index (κ3) is 3.73. The first kappa shape index (κ1) is 15.3. The largest absolute Gasteiger partial charge is 0.374 e. The summed E-state index contributed by atoms with van der Waals surface area (Å²) >= 11 is 0. The van der Waals surface area contributed by atoms with E-state index in [1.807, 2.05) is 0 Å². The zero-order valence-corrected chi connectivity index (χ0v) is 11.5. The summed E-state index contributed by atoms with van der Waals surface area (Å²) in [5.41, 5.74) is -0.665. The van der Waals surface area contributed by atoms with Crippen LogP contribution in [0.3, 0.4) is 0 Å². The molecule has 1 N–H and O–H groups in total. The summed E-state index contributed by atoms with van der Waals surface area (Å²) in [4.78, 5) is 23.8. The van der Waals surface area contributed by atoms with Crippen LogP contribution in [0.25, 0.3) is 0 Å². The van der Waals surface area contributed by atoms with E-state index in [9.17, 15) is 19.3 Å². The van der Waals surface area contributed by atoms with Crippen molar-refractivity contribution in [1.82, 2.24) is 10.2 Å². The Bertz CT molecular complexity index is 546. The van der Waals surface area contributed by atoms with E-state index in [4.69, 9.17) is 4.74 Å². The van der Waals surface area contributed by atoms with Gasteiger partial charge in [-0.3, -0.25) is 14.9 Å². The maximum Gasteiger partial charge on any atom is 0.282 e. The average molecular weight is 297 g/mol. The molecule has 1 heterocycles. The Morgan fingerprint density at radius 1 is 1.62 bits per heavy atom. The van der Waals surface area contributed by atoms with Crippen LogP contribution in [-0.4, -0.2) is 55.1 Å². The second-order valence-corrected chi connectivity index (χ2v) is 4.80. The lowest BCUT2D eigenvalue weighted by atomic mass is 10.1. The maximum absolute atomic E-state index is 13.3. The molecule has 1 atom stereocenters. The minimum Gasteiger partial charge on any atom is -0.374 e. The lowest BCUT2D eigenvalue weighted by Crippen LogP contribution is -2.45. The number of halogens is 1. The molecule has 0 spiro atoms. The van der Waals surface area contributed by atoms with Gasteiger partial charge < -0.3 is 15.0 Å². The van der Waals surface area contributed by atoms with E-state index >= 15 is 0 Å². The maximum atomic E-state index is 13.3. The quantitative estimate of drug-likeness (QED) is 0.656. The molecule has 8 heteroatoms. The van der Waals surface area contributed by atoms with Crippen molar-refractivity contribution >= 4 is 11.6 Å². The fourth-order valence-corrected chi connectivity index (χ4v) is 2.17. The Morgan fingerprint density at radius 3 is 3.00 bits per heavy atom. The highest BCUT2D eigenvalue weighted by atomic mass is 19.1. The van der Waals surface area contributed by atoms with Crippen molar-refractivity contribution in [2.75, 3.05) is 33.3 Å². The molecule has 0 saturated carbocycles. The number of amides is 1. The fourth-order valence-electron chi connectivity index (χ4n) is 2.17. The molecule has 2 rings (SSSR count). The number of nitrogens with one attached hydrogen (secondary N) is 1. The van der Waals surface area contributed by atoms with E-state index in [0.717, 1.165) is 24.7 Å². The SMILES string of the molecule is CN(CC1CNCCO1)C(=O)c1cc(F)ccc1[N+](=O)[O-]. The number of carbonyl (C=O) groups is 1. The van der Waals surface area contributed by atoms with Gasteiger partial charge in [0.2, 0.25) is 0 Å². The van der Waals surface area contributed by atoms with Crippen LogP contribution in [0.4, 0.5) is 10.1 Å². The first-order chi connectivity index (χ1) is 9.99. The first-order valence-electron chi connectivity index (χ1n) is 6.50. The smallest absolute Gasteiger partial charge is 0.282 e. The van der Waals surface area contributed by atoms with Crippen molar-refractivity contribution < 1.29 is 18.8 Å². The van der Waals surface area contributed by atoms with Gasteiger partial charge in [-0.05, 0) is 12.1 Å². The highest BCUT2D eigenvalue weighted by molar-refractivity contribution is 5.98. The van der Waals surface area contributed by atoms with Crippen molar-refractivity contribution in [3.63, 3.8) is 0 Å². The average Bonchev–Trinajstić information content (AvgIpc) is 2.47. The fraction of sp³-hybridized carbons (Fsp3) is 0.462. The van der Waals surface area contributed by atoms with Crippen molar-refractivity contribution in [1.29, 1.82) is 0 Å². The molecule has 1 aliphatic rings. The molecule has 0 radical (unpaired) electrons. The minimum atomic E-state index is -0.695. The number of likely N-dealkylation sites (N-methyl/N-ethyl adjacent to an activating group) is 1. The number of hydrogen-bond donors (Lipinski definition) is 1. The van der Waals surface area contributed by atoms with Crippen LogP contribution in [-0.2, 0) is 4.74 Å². The zero-order valence-electron chi connectivity index (χ0n) is 11.5. The Balaban J connectivity index is 2.14. The van der Waals surface area contributed by atoms with Crippen molar-refractivity contribution in [3.8, 4) is 0 Å². The lowest BCUT2D eigenvalue weighted by molar-refractivity contribution is -0.385. The summed E-state index contributed by atoms with van der Waals surface area (Å²) < 4.78 is 18.7. The number of nitro groups is 1. The Morgan fingerprint density at radius 2 is 2.38 bits per heavy atom. The van der Waals surface area contributed by atoms with Gasteiger partial charge in [-0.15, -0.1) is 0 Å². The van der Waals surface area contributed by atoms with Crippen LogP contribution >= 0.6 is 0 Å². The molecule has 1 amide bonds. The van der Waals surface area contributed by atoms with Gasteiger partial charge in [0.15, 0.2) is 0 Å². The molecule has 1 fully saturated rings. The van der Waals surface area contributed by atoms with E-state index < -0.39 is 22.3 Å². The van der Waals surface area contributed by atoms with Gasteiger partial charge in [0.05, 0.1) is 17.6 Å². The Hall–Kier alpha value is -2.06. The van der Waals surface area contributed by atoms with Crippen molar-refractivity contribution in [3.05, 3.63) is 39.7 Å². The van der Waals surface area contributed by atoms with Crippen LogP contribution in [0.5, 0.6) is 0 Å². The molecule has 7 nitrogen and oxygen atoms in total. The molecular weight excluding hydrogens is 281 g/mol. The predicted octanol–water partition coefficient (Wildman–Crippen LogP) is 0.794. The molecule has 0 bridgehead atoms. The number of benzene rings is 1. The van der Waals surface area contributed by atoms with E-state index in [1.54, 1.807) is 0 Å². The molecule has 1 aromatic rings. The Labute approximate surface area is 120 Å². The third-order valence-corrected chi connectivity index (χ3v) is 3.21. The van der Waals surface area contributed by atoms with E-state index in [2.05, 4.69) is 5.32 Å². The first-order valence-corrected chi connectivity index (χ1v) is 6.50. The highest BCUT2D eigenvalue weighted by Crippen LogP contribution is 2.21. The number of carbonyl (C=O) groups excluding carboxylic acids is 1. The van der Waals surface area contributed by atoms with Crippen LogP contribution in [0.1, 0.15) is 10.4 Å². The zero-order chi connectivity index (χ0) is 15.4. The second-order valence-electron chi connectivity index (χ2n) is 4.80. The molecule has 1 aromatic carbocycles. The summed E-state index contributed by atoms with van der Waals surface area (Å²) in [5, 5.41) is 14.1. The van der Waals surface area contributed by atoms with Crippen molar-refractivity contribution in [2.24, 2.45) is 0 Å². The van der Waals surface area contributed by atoms with Gasteiger partial charge in [0.1, 0.15) is 11.4 Å². The monoisotopic (exact) mass is 297 g/mol. The van der Waals surface area contributed by atoms with Crippen LogP contribution in [0.2, 0.25) is 0 Å². The molecule has 21 heavy (non-hydrogen) atoms. The summed E-state index contributed by atoms with van der Waals surface area (Å²) in [6, 6.07) is 2.84. The lowest BCUT2D eigenvalue weighted by Gasteiger charge is -2.28. The van der Waals surface area contributed by atoms with Crippen LogP contribution in [0.15, 0.2) is 18.2 Å². The minimum absolute atomic E-state index is 0.180. The summed E-state index contributed by atoms with van der Waals surface area (Å²) in [6.07, 6.45) is -0.180. The van der Waals surface area contributed by atoms with Crippen LogP contribution in [0, 0.1) is 15.9 Å². The number of morpholine rings is 1. The number of ether oxygens (including phenoxy) is 1. The molecule has 1 aliphatic heterocycles. The van der Waals surface area contributed by atoms with E-state index in [-0.39, 0.29) is 18.2 Å². The third-order valence-electron chi connectivity index (χ3n) is 3.21. The van der Waals surface area contributed by atoms with Gasteiger partial charge in [-0.25, -0.2) is 4.39 Å². The normalized spacial score (nSPS) is 18.3. The number of rotatable bonds is 4. The van der Waals surface area contributed by atoms with Gasteiger partial charge in [-0.1, -0.05) is 0 Å². The van der Waals surface area contributed by atoms with Gasteiger partial charge >= 0.3 is 0 Å². The molecule has 1 saturated heterocycles. The summed E-state index contributed by atoms with van der Waals surface area (Å²) in [5.74, 6) is -1.29. The molecule has 0 aliphatic carbocycles. The number of nitrogens with zero attached hydrogens (tertiary/aromatic N) is 2. The highest BCUT2D eigenvalue weighted by Gasteiger charge is 2.25. The molecule has 114 valence electrons. The standard InChI is InChI=1S/C13H16FN3O4/c1-16(8-10-7-15-4-5-21-10)13(18)11-6-9(14)2-3-12(11)17(19)20/h2-3,6,10,15H,4-5,7-8H2,1H3. The summed E-state index contributed by atoms with van der Waals surface area (Å²) in [7, 11) is 1.51. The number of hydrogen-bond acceptors (Lipinski definition) is 5. The van der Waals surface area contributed by atoms with Gasteiger partial charge in [0.25, 0.3) is 11.6 Å². The van der Waals surface area contributed by atoms with Gasteiger partial charge in [-0.2, -0.15) is 0 Å². The van der Waals surface area contributed by atoms with Gasteiger partial charge in [0, 0.05) is 32.7 Å². The molecule has 1 unspecified atom stereocenters. The number of nitro benzene ring substituents is 1. The molecular formula is C13H16FN3O4. The van der Waals surface area contributed by atoms with Crippen LogP contribution < -0.4 is 5.32 Å². The van der Waals surface area contributed by atoms with E-state index in [0.29, 0.717) is 13.2 Å². The van der Waals surface area contributed by atoms with E-state index in [1.165, 1.54) is 11.9 Å². The Kier molecular flexibility index (Phi) is 4.81. The van der Waals surface area contributed by atoms with Crippen molar-refractivity contribution in [2.45, 2.75) is 6.10 Å². The topological polar surface area (TPSA) is 84.7 Å². The predicted molar refractivity (Wildman–Crippen MR) is 72.6 cm³/mol. The second kappa shape index (κ2) is 6.59. The summed E-state index contributed by atoms with van der Waals surface area (Å²) in [6.45, 7) is 2.18. The molecule has 0 aromatic heterocycles.